The summed E-state index contributed by atoms with van der Waals surface area (Å²) >= 11 is 3.50. The minimum atomic E-state index is 0.163. The molecule has 2 fully saturated rings. The third kappa shape index (κ3) is 2.08. The second-order valence-corrected chi connectivity index (χ2v) is 6.23. The van der Waals surface area contributed by atoms with Crippen LogP contribution in [0.1, 0.15) is 15.9 Å². The fourth-order valence-electron chi connectivity index (χ4n) is 2.99. The van der Waals surface area contributed by atoms with E-state index in [4.69, 9.17) is 0 Å². The summed E-state index contributed by atoms with van der Waals surface area (Å²) in [6.07, 6.45) is 0. The summed E-state index contributed by atoms with van der Waals surface area (Å²) in [5.41, 5.74) is 1.95. The summed E-state index contributed by atoms with van der Waals surface area (Å²) in [5.74, 6) is 1.47. The number of rotatable bonds is 1. The van der Waals surface area contributed by atoms with Crippen molar-refractivity contribution in [2.45, 2.75) is 6.92 Å². The van der Waals surface area contributed by atoms with Gasteiger partial charge in [-0.3, -0.25) is 4.79 Å². The number of benzene rings is 1. The molecule has 1 amide bonds. The molecule has 0 aliphatic carbocycles. The van der Waals surface area contributed by atoms with Crippen molar-refractivity contribution in [3.8, 4) is 0 Å². The van der Waals surface area contributed by atoms with Crippen LogP contribution in [0.2, 0.25) is 0 Å². The molecule has 1 aromatic rings. The molecule has 2 heterocycles. The van der Waals surface area contributed by atoms with Gasteiger partial charge in [-0.1, -0.05) is 6.07 Å². The Morgan fingerprint density at radius 2 is 2.00 bits per heavy atom. The van der Waals surface area contributed by atoms with Crippen LogP contribution in [-0.2, 0) is 0 Å². The van der Waals surface area contributed by atoms with Gasteiger partial charge in [-0.2, -0.15) is 0 Å². The van der Waals surface area contributed by atoms with E-state index in [9.17, 15) is 4.79 Å². The standard InChI is InChI=1S/C14H17BrN2O/c1-9-2-3-12(13(15)4-9)14(18)17-7-10-5-16-6-11(10)8-17/h2-4,10-11,16H,5-8H2,1H3/t10-,11+. The van der Waals surface area contributed by atoms with Gasteiger partial charge in [-0.15, -0.1) is 0 Å². The number of aryl methyl sites for hydroxylation is 1. The van der Waals surface area contributed by atoms with E-state index in [1.54, 1.807) is 0 Å². The molecule has 2 atom stereocenters. The van der Waals surface area contributed by atoms with E-state index in [1.807, 2.05) is 30.0 Å². The van der Waals surface area contributed by atoms with Crippen LogP contribution in [0.5, 0.6) is 0 Å². The van der Waals surface area contributed by atoms with Crippen LogP contribution in [0, 0.1) is 18.8 Å². The fourth-order valence-corrected chi connectivity index (χ4v) is 3.65. The lowest BCUT2D eigenvalue weighted by Gasteiger charge is -2.18. The maximum absolute atomic E-state index is 12.5. The summed E-state index contributed by atoms with van der Waals surface area (Å²) in [5, 5.41) is 3.40. The highest BCUT2D eigenvalue weighted by Crippen LogP contribution is 2.29. The van der Waals surface area contributed by atoms with Crippen molar-refractivity contribution in [3.05, 3.63) is 33.8 Å². The molecule has 1 aromatic carbocycles. The number of hydrogen-bond donors (Lipinski definition) is 1. The zero-order valence-electron chi connectivity index (χ0n) is 10.4. The van der Waals surface area contributed by atoms with E-state index in [-0.39, 0.29) is 5.91 Å². The number of nitrogens with zero attached hydrogens (tertiary/aromatic N) is 1. The van der Waals surface area contributed by atoms with Crippen molar-refractivity contribution in [2.24, 2.45) is 11.8 Å². The zero-order chi connectivity index (χ0) is 12.7. The summed E-state index contributed by atoms with van der Waals surface area (Å²) in [4.78, 5) is 14.5. The Bertz CT molecular complexity index is 477. The topological polar surface area (TPSA) is 32.3 Å². The third-order valence-corrected chi connectivity index (χ3v) is 4.69. The van der Waals surface area contributed by atoms with Crippen molar-refractivity contribution in [2.75, 3.05) is 26.2 Å². The predicted molar refractivity (Wildman–Crippen MR) is 74.6 cm³/mol. The number of likely N-dealkylation sites (tertiary alicyclic amines) is 1. The first-order valence-corrected chi connectivity index (χ1v) is 7.20. The number of amides is 1. The smallest absolute Gasteiger partial charge is 0.255 e. The summed E-state index contributed by atoms with van der Waals surface area (Å²) < 4.78 is 0.905. The third-order valence-electron chi connectivity index (χ3n) is 4.03. The Hall–Kier alpha value is -0.870. The highest BCUT2D eigenvalue weighted by molar-refractivity contribution is 9.10. The molecule has 0 saturated carbocycles. The van der Waals surface area contributed by atoms with E-state index >= 15 is 0 Å². The van der Waals surface area contributed by atoms with Gasteiger partial charge in [-0.05, 0) is 52.4 Å². The SMILES string of the molecule is Cc1ccc(C(=O)N2C[C@H]3CNC[C@H]3C2)c(Br)c1. The summed E-state index contributed by atoms with van der Waals surface area (Å²) in [6.45, 7) is 5.95. The van der Waals surface area contributed by atoms with Crippen LogP contribution in [-0.4, -0.2) is 37.0 Å². The zero-order valence-corrected chi connectivity index (χ0v) is 12.0. The first-order chi connectivity index (χ1) is 8.65. The number of carbonyl (C=O) groups excluding carboxylic acids is 1. The molecule has 96 valence electrons. The van der Waals surface area contributed by atoms with Gasteiger partial charge in [0.2, 0.25) is 0 Å². The Kier molecular flexibility index (Phi) is 3.16. The predicted octanol–water partition coefficient (Wildman–Crippen LogP) is 2.05. The van der Waals surface area contributed by atoms with E-state index in [0.717, 1.165) is 36.2 Å². The molecule has 0 aromatic heterocycles. The van der Waals surface area contributed by atoms with Gasteiger partial charge in [0, 0.05) is 30.7 Å². The minimum absolute atomic E-state index is 0.163. The van der Waals surface area contributed by atoms with Gasteiger partial charge >= 0.3 is 0 Å². The van der Waals surface area contributed by atoms with E-state index in [2.05, 4.69) is 21.2 Å². The maximum Gasteiger partial charge on any atom is 0.255 e. The highest BCUT2D eigenvalue weighted by Gasteiger charge is 2.38. The maximum atomic E-state index is 12.5. The Balaban J connectivity index is 1.79. The van der Waals surface area contributed by atoms with Gasteiger partial charge in [0.25, 0.3) is 5.91 Å². The number of halogens is 1. The van der Waals surface area contributed by atoms with Crippen LogP contribution >= 0.6 is 15.9 Å². The molecule has 0 unspecified atom stereocenters. The second kappa shape index (κ2) is 4.67. The van der Waals surface area contributed by atoms with Crippen LogP contribution in [0.25, 0.3) is 0 Å². The van der Waals surface area contributed by atoms with Gasteiger partial charge in [0.15, 0.2) is 0 Å². The first kappa shape index (κ1) is 12.2. The molecular formula is C14H17BrN2O. The monoisotopic (exact) mass is 308 g/mol. The van der Waals surface area contributed by atoms with Gasteiger partial charge in [-0.25, -0.2) is 0 Å². The van der Waals surface area contributed by atoms with Crippen molar-refractivity contribution in [1.82, 2.24) is 10.2 Å². The molecule has 4 heteroatoms. The van der Waals surface area contributed by atoms with Crippen LogP contribution < -0.4 is 5.32 Å². The number of fused-ring (bicyclic) bond motifs is 1. The van der Waals surface area contributed by atoms with Crippen LogP contribution in [0.4, 0.5) is 0 Å². The minimum Gasteiger partial charge on any atom is -0.338 e. The van der Waals surface area contributed by atoms with Gasteiger partial charge in [0.1, 0.15) is 0 Å². The quantitative estimate of drug-likeness (QED) is 0.861. The Morgan fingerprint density at radius 1 is 1.33 bits per heavy atom. The lowest BCUT2D eigenvalue weighted by Crippen LogP contribution is -2.32. The van der Waals surface area contributed by atoms with E-state index in [0.29, 0.717) is 11.8 Å². The molecule has 2 aliphatic heterocycles. The molecule has 1 N–H and O–H groups in total. The van der Waals surface area contributed by atoms with Gasteiger partial charge in [0.05, 0.1) is 5.56 Å². The molecule has 2 saturated heterocycles. The van der Waals surface area contributed by atoms with Crippen molar-refractivity contribution < 1.29 is 4.79 Å². The summed E-state index contributed by atoms with van der Waals surface area (Å²) in [6, 6.07) is 5.93. The Morgan fingerprint density at radius 3 is 2.61 bits per heavy atom. The number of hydrogen-bond acceptors (Lipinski definition) is 2. The van der Waals surface area contributed by atoms with Crippen molar-refractivity contribution in [3.63, 3.8) is 0 Å². The lowest BCUT2D eigenvalue weighted by atomic mass is 10.0. The summed E-state index contributed by atoms with van der Waals surface area (Å²) in [7, 11) is 0. The Labute approximate surface area is 116 Å². The van der Waals surface area contributed by atoms with Crippen LogP contribution in [0.3, 0.4) is 0 Å². The fraction of sp³-hybridized carbons (Fsp3) is 0.500. The largest absolute Gasteiger partial charge is 0.338 e. The molecule has 18 heavy (non-hydrogen) atoms. The van der Waals surface area contributed by atoms with E-state index < -0.39 is 0 Å². The second-order valence-electron chi connectivity index (χ2n) is 5.37. The van der Waals surface area contributed by atoms with Gasteiger partial charge < -0.3 is 10.2 Å². The van der Waals surface area contributed by atoms with Crippen molar-refractivity contribution >= 4 is 21.8 Å². The molecule has 0 radical (unpaired) electrons. The molecule has 2 aliphatic rings. The average molecular weight is 309 g/mol. The molecule has 3 nitrogen and oxygen atoms in total. The normalized spacial score (nSPS) is 26.4. The molecule has 3 rings (SSSR count). The highest BCUT2D eigenvalue weighted by atomic mass is 79.9. The molecular weight excluding hydrogens is 292 g/mol. The van der Waals surface area contributed by atoms with Crippen LogP contribution in [0.15, 0.2) is 22.7 Å². The number of nitrogens with one attached hydrogen (secondary N) is 1. The number of carbonyl (C=O) groups is 1. The van der Waals surface area contributed by atoms with E-state index in [1.165, 1.54) is 5.56 Å². The van der Waals surface area contributed by atoms with Crippen molar-refractivity contribution in [1.29, 1.82) is 0 Å². The molecule has 0 spiro atoms. The molecule has 0 bridgehead atoms. The lowest BCUT2D eigenvalue weighted by molar-refractivity contribution is 0.0781. The first-order valence-electron chi connectivity index (χ1n) is 6.41. The average Bonchev–Trinajstić information content (AvgIpc) is 2.87.